The Labute approximate surface area is 289 Å². The average Bonchev–Trinajstić information content (AvgIpc) is 3.05. The van der Waals surface area contributed by atoms with Crippen LogP contribution in [0.4, 0.5) is 15.8 Å². The van der Waals surface area contributed by atoms with Gasteiger partial charge in [0.15, 0.2) is 0 Å². The number of amides is 2. The summed E-state index contributed by atoms with van der Waals surface area (Å²) in [6.45, 7) is 3.67. The number of carbonyl (C=O) groups is 2. The van der Waals surface area contributed by atoms with E-state index in [-0.39, 0.29) is 46.6 Å². The van der Waals surface area contributed by atoms with E-state index in [0.29, 0.717) is 5.56 Å². The van der Waals surface area contributed by atoms with Gasteiger partial charge in [0, 0.05) is 41.2 Å². The summed E-state index contributed by atoms with van der Waals surface area (Å²) < 4.78 is 50.1. The third kappa shape index (κ3) is 8.92. The topological polar surface area (TPSA) is 139 Å². The molecule has 11 nitrogen and oxygen atoms in total. The average molecular weight is 711 g/mol. The SMILES string of the molecule is COc1ccc(Cl)cc1N(CC(=O)N(Cc1ccccc1F)[C@@H](Cc1ccccc1)C(=O)NC(C)C)S(=O)(=O)c1ccc(C)c([N+](=O)[O-])c1. The Kier molecular flexibility index (Phi) is 12.0. The van der Waals surface area contributed by atoms with Crippen LogP contribution >= 0.6 is 11.6 Å². The molecule has 49 heavy (non-hydrogen) atoms. The summed E-state index contributed by atoms with van der Waals surface area (Å²) >= 11 is 6.30. The zero-order valence-corrected chi connectivity index (χ0v) is 28.9. The zero-order valence-electron chi connectivity index (χ0n) is 27.3. The molecule has 258 valence electrons. The molecule has 0 aromatic heterocycles. The highest BCUT2D eigenvalue weighted by Gasteiger charge is 2.36. The molecule has 0 fully saturated rings. The van der Waals surface area contributed by atoms with Crippen molar-refractivity contribution in [3.63, 3.8) is 0 Å². The summed E-state index contributed by atoms with van der Waals surface area (Å²) in [5, 5.41) is 14.7. The quantitative estimate of drug-likeness (QED) is 0.124. The number of aryl methyl sites for hydroxylation is 1. The molecule has 0 radical (unpaired) electrons. The Morgan fingerprint density at radius 2 is 1.67 bits per heavy atom. The number of anilines is 1. The number of carbonyl (C=O) groups excluding carboxylic acids is 2. The molecule has 4 aromatic rings. The predicted octanol–water partition coefficient (Wildman–Crippen LogP) is 6.06. The van der Waals surface area contributed by atoms with Crippen LogP contribution < -0.4 is 14.4 Å². The number of nitro benzene ring substituents is 1. The minimum absolute atomic E-state index is 0.0248. The maximum atomic E-state index is 15.1. The van der Waals surface area contributed by atoms with Crippen LogP contribution in [0.1, 0.15) is 30.5 Å². The van der Waals surface area contributed by atoms with Crippen molar-refractivity contribution in [2.24, 2.45) is 0 Å². The van der Waals surface area contributed by atoms with Crippen molar-refractivity contribution in [1.82, 2.24) is 10.2 Å². The Hall–Kier alpha value is -5.01. The van der Waals surface area contributed by atoms with Gasteiger partial charge in [-0.25, -0.2) is 12.8 Å². The zero-order chi connectivity index (χ0) is 35.9. The summed E-state index contributed by atoms with van der Waals surface area (Å²) in [5.74, 6) is -2.00. The molecule has 0 aliphatic heterocycles. The van der Waals surface area contributed by atoms with Gasteiger partial charge in [-0.2, -0.15) is 0 Å². The van der Waals surface area contributed by atoms with Crippen LogP contribution in [0.3, 0.4) is 0 Å². The van der Waals surface area contributed by atoms with Crippen molar-refractivity contribution in [2.45, 2.75) is 50.7 Å². The number of ether oxygens (including phenoxy) is 1. The molecule has 14 heteroatoms. The first-order valence-electron chi connectivity index (χ1n) is 15.2. The van der Waals surface area contributed by atoms with E-state index >= 15 is 4.39 Å². The standard InChI is InChI=1S/C35H36ClFN4O7S/c1-23(2)38-35(43)32(18-25-10-6-5-7-11-25)39(21-26-12-8-9-13-29(26)37)34(42)22-40(31-19-27(36)15-17-33(31)48-4)49(46,47)28-16-14-24(3)30(20-28)41(44)45/h5-17,19-20,23,32H,18,21-22H2,1-4H3,(H,38,43)/t32-/m0/s1. The van der Waals surface area contributed by atoms with E-state index < -0.39 is 55.7 Å². The van der Waals surface area contributed by atoms with E-state index in [0.717, 1.165) is 15.3 Å². The first kappa shape index (κ1) is 36.8. The Morgan fingerprint density at radius 3 is 2.31 bits per heavy atom. The molecular weight excluding hydrogens is 675 g/mol. The van der Waals surface area contributed by atoms with Crippen LogP contribution in [-0.2, 0) is 32.6 Å². The van der Waals surface area contributed by atoms with E-state index in [2.05, 4.69) is 5.32 Å². The first-order chi connectivity index (χ1) is 23.2. The molecule has 0 unspecified atom stereocenters. The fourth-order valence-electron chi connectivity index (χ4n) is 5.19. The lowest BCUT2D eigenvalue weighted by Crippen LogP contribution is -2.54. The van der Waals surface area contributed by atoms with E-state index in [1.54, 1.807) is 50.2 Å². The van der Waals surface area contributed by atoms with Gasteiger partial charge in [0.1, 0.15) is 24.2 Å². The van der Waals surface area contributed by atoms with Gasteiger partial charge in [-0.1, -0.05) is 66.2 Å². The van der Waals surface area contributed by atoms with E-state index in [1.807, 2.05) is 0 Å². The van der Waals surface area contributed by atoms with Gasteiger partial charge < -0.3 is 15.0 Å². The predicted molar refractivity (Wildman–Crippen MR) is 185 cm³/mol. The van der Waals surface area contributed by atoms with Crippen molar-refractivity contribution in [2.75, 3.05) is 18.0 Å². The number of benzene rings is 4. The molecule has 0 aliphatic carbocycles. The highest BCUT2D eigenvalue weighted by Crippen LogP contribution is 2.36. The molecule has 2 amide bonds. The summed E-state index contributed by atoms with van der Waals surface area (Å²) in [6.07, 6.45) is 0.0248. The van der Waals surface area contributed by atoms with Crippen molar-refractivity contribution in [3.05, 3.63) is 129 Å². The first-order valence-corrected chi connectivity index (χ1v) is 17.0. The Bertz CT molecular complexity index is 1940. The number of halogens is 2. The maximum Gasteiger partial charge on any atom is 0.273 e. The molecule has 4 rings (SSSR count). The number of nitrogens with one attached hydrogen (secondary N) is 1. The second-order valence-corrected chi connectivity index (χ2v) is 13.8. The number of rotatable bonds is 14. The van der Waals surface area contributed by atoms with E-state index in [9.17, 15) is 28.1 Å². The normalized spacial score (nSPS) is 11.9. The second kappa shape index (κ2) is 15.9. The Balaban J connectivity index is 1.90. The van der Waals surface area contributed by atoms with E-state index in [1.165, 1.54) is 62.6 Å². The lowest BCUT2D eigenvalue weighted by Gasteiger charge is -2.34. The number of methoxy groups -OCH3 is 1. The van der Waals surface area contributed by atoms with Crippen molar-refractivity contribution >= 4 is 44.8 Å². The highest BCUT2D eigenvalue weighted by molar-refractivity contribution is 7.92. The summed E-state index contributed by atoms with van der Waals surface area (Å²) in [6, 6.07) is 20.7. The molecule has 0 spiro atoms. The summed E-state index contributed by atoms with van der Waals surface area (Å²) in [7, 11) is -3.44. The number of hydrogen-bond acceptors (Lipinski definition) is 7. The van der Waals surface area contributed by atoms with Crippen LogP contribution in [0.25, 0.3) is 0 Å². The van der Waals surface area contributed by atoms with Gasteiger partial charge >= 0.3 is 0 Å². The number of hydrogen-bond donors (Lipinski definition) is 1. The van der Waals surface area contributed by atoms with Gasteiger partial charge in [-0.3, -0.25) is 24.0 Å². The van der Waals surface area contributed by atoms with Crippen molar-refractivity contribution < 1.29 is 32.1 Å². The monoisotopic (exact) mass is 710 g/mol. The van der Waals surface area contributed by atoms with Crippen LogP contribution in [0.2, 0.25) is 5.02 Å². The lowest BCUT2D eigenvalue weighted by atomic mass is 10.0. The van der Waals surface area contributed by atoms with Crippen LogP contribution in [0.5, 0.6) is 5.75 Å². The number of nitrogens with zero attached hydrogens (tertiary/aromatic N) is 3. The smallest absolute Gasteiger partial charge is 0.273 e. The molecule has 0 saturated heterocycles. The summed E-state index contributed by atoms with van der Waals surface area (Å²) in [4.78, 5) is 40.1. The van der Waals surface area contributed by atoms with Gasteiger partial charge in [-0.15, -0.1) is 0 Å². The largest absolute Gasteiger partial charge is 0.495 e. The van der Waals surface area contributed by atoms with Gasteiger partial charge in [-0.05, 0) is 56.7 Å². The van der Waals surface area contributed by atoms with Gasteiger partial charge in [0.05, 0.1) is 22.6 Å². The van der Waals surface area contributed by atoms with E-state index in [4.69, 9.17) is 16.3 Å². The fourth-order valence-corrected chi connectivity index (χ4v) is 6.79. The molecule has 1 atom stereocenters. The van der Waals surface area contributed by atoms with Crippen LogP contribution in [0, 0.1) is 22.9 Å². The molecular formula is C35H36ClFN4O7S. The number of sulfonamides is 1. The molecule has 0 aliphatic rings. The minimum Gasteiger partial charge on any atom is -0.495 e. The van der Waals surface area contributed by atoms with Crippen LogP contribution in [-0.4, -0.2) is 55.8 Å². The second-order valence-electron chi connectivity index (χ2n) is 11.5. The Morgan fingerprint density at radius 1 is 1.00 bits per heavy atom. The molecule has 4 aromatic carbocycles. The van der Waals surface area contributed by atoms with Crippen LogP contribution in [0.15, 0.2) is 95.9 Å². The molecule has 0 bridgehead atoms. The third-order valence-corrected chi connectivity index (χ3v) is 9.65. The summed E-state index contributed by atoms with van der Waals surface area (Å²) in [5.41, 5.74) is 0.437. The minimum atomic E-state index is -4.74. The maximum absolute atomic E-state index is 15.1. The molecule has 0 saturated carbocycles. The fraction of sp³-hybridized carbons (Fsp3) is 0.257. The molecule has 1 N–H and O–H groups in total. The highest BCUT2D eigenvalue weighted by atomic mass is 35.5. The van der Waals surface area contributed by atoms with Crippen molar-refractivity contribution in [3.8, 4) is 5.75 Å². The molecule has 0 heterocycles. The third-order valence-electron chi connectivity index (χ3n) is 7.65. The lowest BCUT2D eigenvalue weighted by molar-refractivity contribution is -0.385. The van der Waals surface area contributed by atoms with Gasteiger partial charge in [0.25, 0.3) is 15.7 Å². The van der Waals surface area contributed by atoms with Crippen molar-refractivity contribution in [1.29, 1.82) is 0 Å². The van der Waals surface area contributed by atoms with Gasteiger partial charge in [0.2, 0.25) is 11.8 Å². The number of nitro groups is 1.